The number of carbonyl (C=O) groups is 1. The van der Waals surface area contributed by atoms with Crippen LogP contribution >= 0.6 is 0 Å². The Morgan fingerprint density at radius 2 is 1.54 bits per heavy atom. The SMILES string of the molecule is CC(=O)O[C@@H]([C@H](C)C[C@@H](C)[C@@H]1[C@H](O)[C@H](O)[C@@]2(C)[C@@H]3CC[C@H]4C(C)(C)[C@@H](O)CC[C@@]45C[C@@]35CC[C@]12C)C(C)(C)O. The Morgan fingerprint density at radius 1 is 0.949 bits per heavy atom. The molecule has 4 N–H and O–H groups in total. The molecular weight excluding hydrogens is 492 g/mol. The summed E-state index contributed by atoms with van der Waals surface area (Å²) >= 11 is 0. The third-order valence-corrected chi connectivity index (χ3v) is 14.1. The van der Waals surface area contributed by atoms with Crippen molar-refractivity contribution in [1.29, 1.82) is 0 Å². The predicted octanol–water partition coefficient (Wildman–Crippen LogP) is 5.09. The van der Waals surface area contributed by atoms with Crippen LogP contribution in [0.15, 0.2) is 0 Å². The lowest BCUT2D eigenvalue weighted by molar-refractivity contribution is -0.183. The van der Waals surface area contributed by atoms with Gasteiger partial charge in [0.2, 0.25) is 0 Å². The van der Waals surface area contributed by atoms with E-state index in [9.17, 15) is 25.2 Å². The highest BCUT2D eigenvalue weighted by molar-refractivity contribution is 5.66. The molecule has 0 aromatic rings. The van der Waals surface area contributed by atoms with E-state index in [1.54, 1.807) is 13.8 Å². The van der Waals surface area contributed by atoms with Crippen LogP contribution in [0.2, 0.25) is 0 Å². The highest BCUT2D eigenvalue weighted by Gasteiger charge is 2.84. The second-order valence-corrected chi connectivity index (χ2v) is 16.6. The Balaban J connectivity index is 1.43. The molecule has 5 rings (SSSR count). The van der Waals surface area contributed by atoms with E-state index in [2.05, 4.69) is 34.6 Å². The van der Waals surface area contributed by atoms with E-state index >= 15 is 0 Å². The van der Waals surface area contributed by atoms with Crippen LogP contribution in [-0.4, -0.2) is 56.4 Å². The van der Waals surface area contributed by atoms with E-state index in [-0.39, 0.29) is 50.9 Å². The molecule has 0 heterocycles. The van der Waals surface area contributed by atoms with Crippen molar-refractivity contribution in [3.05, 3.63) is 0 Å². The number of hydrogen-bond donors (Lipinski definition) is 4. The minimum Gasteiger partial charge on any atom is -0.459 e. The molecule has 5 aliphatic carbocycles. The molecule has 224 valence electrons. The molecule has 5 saturated carbocycles. The van der Waals surface area contributed by atoms with Gasteiger partial charge in [0.1, 0.15) is 6.10 Å². The predicted molar refractivity (Wildman–Crippen MR) is 150 cm³/mol. The summed E-state index contributed by atoms with van der Waals surface area (Å²) in [6, 6.07) is 0. The Morgan fingerprint density at radius 3 is 2.13 bits per heavy atom. The highest BCUT2D eigenvalue weighted by atomic mass is 16.6. The summed E-state index contributed by atoms with van der Waals surface area (Å²) in [6.07, 6.45) is 5.71. The van der Waals surface area contributed by atoms with Crippen LogP contribution in [0.1, 0.15) is 114 Å². The van der Waals surface area contributed by atoms with Gasteiger partial charge < -0.3 is 25.2 Å². The number of ether oxygens (including phenoxy) is 1. The topological polar surface area (TPSA) is 107 Å². The Kier molecular flexibility index (Phi) is 6.80. The molecule has 0 radical (unpaired) electrons. The molecule has 2 spiro atoms. The van der Waals surface area contributed by atoms with Crippen LogP contribution in [0, 0.1) is 56.7 Å². The third kappa shape index (κ3) is 3.75. The molecule has 5 fully saturated rings. The van der Waals surface area contributed by atoms with E-state index in [0.717, 1.165) is 38.5 Å². The van der Waals surface area contributed by atoms with E-state index in [0.29, 0.717) is 18.3 Å². The second kappa shape index (κ2) is 8.91. The first-order chi connectivity index (χ1) is 17.8. The minimum absolute atomic E-state index is 0.0749. The zero-order valence-electron chi connectivity index (χ0n) is 26.0. The van der Waals surface area contributed by atoms with Crippen molar-refractivity contribution in [3.8, 4) is 0 Å². The first kappa shape index (κ1) is 29.8. The van der Waals surface area contributed by atoms with Crippen molar-refractivity contribution in [1.82, 2.24) is 0 Å². The lowest BCUT2D eigenvalue weighted by atomic mass is 9.41. The van der Waals surface area contributed by atoms with E-state index in [1.165, 1.54) is 13.3 Å². The third-order valence-electron chi connectivity index (χ3n) is 14.1. The van der Waals surface area contributed by atoms with Gasteiger partial charge in [0.15, 0.2) is 0 Å². The van der Waals surface area contributed by atoms with Crippen LogP contribution in [0.5, 0.6) is 0 Å². The summed E-state index contributed by atoms with van der Waals surface area (Å²) < 4.78 is 5.58. The van der Waals surface area contributed by atoms with Gasteiger partial charge in [0, 0.05) is 12.3 Å². The molecule has 0 amide bonds. The molecule has 13 atom stereocenters. The average molecular weight is 549 g/mol. The fraction of sp³-hybridized carbons (Fsp3) is 0.970. The lowest BCUT2D eigenvalue weighted by Gasteiger charge is -2.63. The average Bonchev–Trinajstić information content (AvgIpc) is 3.45. The van der Waals surface area contributed by atoms with Crippen molar-refractivity contribution in [3.63, 3.8) is 0 Å². The van der Waals surface area contributed by atoms with Gasteiger partial charge in [0.05, 0.1) is 23.9 Å². The van der Waals surface area contributed by atoms with Gasteiger partial charge in [-0.15, -0.1) is 0 Å². The molecular formula is C33H56O6. The number of esters is 1. The molecule has 6 heteroatoms. The lowest BCUT2D eigenvalue weighted by Crippen LogP contribution is -2.59. The Hall–Kier alpha value is -0.690. The van der Waals surface area contributed by atoms with Crippen molar-refractivity contribution < 1.29 is 30.0 Å². The van der Waals surface area contributed by atoms with Crippen LogP contribution in [-0.2, 0) is 9.53 Å². The Bertz CT molecular complexity index is 987. The summed E-state index contributed by atoms with van der Waals surface area (Å²) in [6.45, 7) is 18.1. The van der Waals surface area contributed by atoms with Crippen molar-refractivity contribution >= 4 is 5.97 Å². The second-order valence-electron chi connectivity index (χ2n) is 16.6. The van der Waals surface area contributed by atoms with Gasteiger partial charge in [0.25, 0.3) is 0 Å². The molecule has 0 unspecified atom stereocenters. The molecule has 0 bridgehead atoms. The first-order valence-corrected chi connectivity index (χ1v) is 15.7. The normalized spacial score (nSPS) is 50.5. The van der Waals surface area contributed by atoms with Crippen LogP contribution in [0.4, 0.5) is 0 Å². The molecule has 0 aliphatic heterocycles. The van der Waals surface area contributed by atoms with Crippen LogP contribution in [0.3, 0.4) is 0 Å². The number of rotatable bonds is 6. The van der Waals surface area contributed by atoms with E-state index < -0.39 is 29.9 Å². The van der Waals surface area contributed by atoms with E-state index in [1.807, 2.05) is 6.92 Å². The van der Waals surface area contributed by atoms with Gasteiger partial charge in [-0.05, 0) is 116 Å². The standard InChI is InChI=1S/C33H56O6/c1-18(16-19(2)27(29(6,7)38)39-20(3)34)24-25(36)26(37)31(9)22-11-10-21-28(4,5)23(35)12-13-32(21)17-33(22,32)15-14-30(24,31)8/h18-19,21-27,35-38H,10-17H2,1-9H3/t18-,19-,21+,22+,23+,24-,25+,26+,27+,30-,31-,32-,33+/m1/s1. The molecule has 0 aromatic carbocycles. The van der Waals surface area contributed by atoms with Gasteiger partial charge in [-0.25, -0.2) is 0 Å². The summed E-state index contributed by atoms with van der Waals surface area (Å²) in [5, 5.41) is 45.4. The summed E-state index contributed by atoms with van der Waals surface area (Å²) in [5.41, 5.74) is -1.35. The number of fused-ring (bicyclic) bond motifs is 2. The number of aliphatic hydroxyl groups excluding tert-OH is 3. The quantitative estimate of drug-likeness (QED) is 0.344. The monoisotopic (exact) mass is 548 g/mol. The summed E-state index contributed by atoms with van der Waals surface area (Å²) in [7, 11) is 0. The summed E-state index contributed by atoms with van der Waals surface area (Å²) in [5.74, 6) is 0.403. The molecule has 39 heavy (non-hydrogen) atoms. The smallest absolute Gasteiger partial charge is 0.303 e. The van der Waals surface area contributed by atoms with Crippen LogP contribution < -0.4 is 0 Å². The van der Waals surface area contributed by atoms with Crippen molar-refractivity contribution in [2.75, 3.05) is 0 Å². The van der Waals surface area contributed by atoms with Gasteiger partial charge in [-0.2, -0.15) is 0 Å². The highest BCUT2D eigenvalue weighted by Crippen LogP contribution is 2.89. The molecule has 0 aromatic heterocycles. The van der Waals surface area contributed by atoms with Gasteiger partial charge in [-0.3, -0.25) is 4.79 Å². The molecule has 0 saturated heterocycles. The summed E-state index contributed by atoms with van der Waals surface area (Å²) in [4.78, 5) is 11.8. The van der Waals surface area contributed by atoms with E-state index in [4.69, 9.17) is 4.74 Å². The van der Waals surface area contributed by atoms with Crippen LogP contribution in [0.25, 0.3) is 0 Å². The number of carbonyl (C=O) groups excluding carboxylic acids is 1. The minimum atomic E-state index is -1.17. The number of hydrogen-bond acceptors (Lipinski definition) is 6. The van der Waals surface area contributed by atoms with Gasteiger partial charge >= 0.3 is 5.97 Å². The first-order valence-electron chi connectivity index (χ1n) is 15.7. The van der Waals surface area contributed by atoms with Gasteiger partial charge in [-0.1, -0.05) is 41.5 Å². The molecule has 6 nitrogen and oxygen atoms in total. The fourth-order valence-electron chi connectivity index (χ4n) is 12.4. The maximum Gasteiger partial charge on any atom is 0.303 e. The van der Waals surface area contributed by atoms with Crippen molar-refractivity contribution in [2.24, 2.45) is 56.7 Å². The zero-order chi connectivity index (χ0) is 29.1. The zero-order valence-corrected chi connectivity index (χ0v) is 26.0. The Labute approximate surface area is 236 Å². The number of aliphatic hydroxyl groups is 4. The molecule has 5 aliphatic rings. The largest absolute Gasteiger partial charge is 0.459 e. The maximum absolute atomic E-state index is 11.9. The van der Waals surface area contributed by atoms with Crippen molar-refractivity contribution in [2.45, 2.75) is 144 Å². The fourth-order valence-corrected chi connectivity index (χ4v) is 12.4. The maximum atomic E-state index is 11.9.